The molecule has 0 atom stereocenters. The fourth-order valence-corrected chi connectivity index (χ4v) is 0. The van der Waals surface area contributed by atoms with E-state index in [4.69, 9.17) is 0 Å². The van der Waals surface area contributed by atoms with Crippen LogP contribution in [0.2, 0.25) is 0 Å². The second-order valence-electron chi connectivity index (χ2n) is 0. The van der Waals surface area contributed by atoms with Gasteiger partial charge in [-0.25, -0.2) is 0 Å². The first-order valence-corrected chi connectivity index (χ1v) is 0. The monoisotopic (exact) mass is 464 g/mol. The molecule has 0 nitrogen and oxygen atoms in total. The van der Waals surface area contributed by atoms with E-state index in [2.05, 4.69) is 0 Å². The molecule has 0 rings (SSSR count). The molecule has 0 heterocycles. The molecule has 0 aromatic rings. The summed E-state index contributed by atoms with van der Waals surface area (Å²) in [6.45, 7) is 0. The predicted octanol–water partition coefficient (Wildman–Crippen LogP) is 0.163. The van der Waals surface area contributed by atoms with E-state index in [1.165, 1.54) is 0 Å². The van der Waals surface area contributed by atoms with Crippen molar-refractivity contribution in [2.45, 2.75) is 0 Å². The van der Waals surface area contributed by atoms with Crippen molar-refractivity contribution in [2.75, 3.05) is 0 Å². The quantitative estimate of drug-likeness (QED) is 0.445. The molecule has 0 radical (unpaired) electrons. The molecule has 64 valence electrons. The van der Waals surface area contributed by atoms with Gasteiger partial charge < -0.3 is 0 Å². The van der Waals surface area contributed by atoms with E-state index in [9.17, 15) is 0 Å². The Morgan fingerprint density at radius 3 is 0.250 bits per heavy atom. The Hall–Kier alpha value is 3.38. The summed E-state index contributed by atoms with van der Waals surface area (Å²) >= 11 is 0. The average Bonchev–Trinajstić information content (AvgIpc) is 0. The molecule has 0 aliphatic rings. The summed E-state index contributed by atoms with van der Waals surface area (Å²) in [5.41, 5.74) is 0. The normalized spacial score (nSPS) is 0. The van der Waals surface area contributed by atoms with Gasteiger partial charge in [-0.15, -0.1) is 74.4 Å². The number of rotatable bonds is 0. The molecular formula is H12Cl6Sb2. The Balaban J connectivity index is 0. The zero-order chi connectivity index (χ0) is 0. The third kappa shape index (κ3) is 57.7. The molecule has 0 aromatic carbocycles. The molecular weight excluding hydrogens is 456 g/mol. The second kappa shape index (κ2) is 80.0. The van der Waals surface area contributed by atoms with Crippen molar-refractivity contribution in [2.24, 2.45) is 0 Å². The summed E-state index contributed by atoms with van der Waals surface area (Å²) in [7, 11) is 0. The average molecular weight is 468 g/mol. The predicted molar refractivity (Wildman–Crippen MR) is 63.4 cm³/mol. The van der Waals surface area contributed by atoms with Gasteiger partial charge in [-0.3, -0.25) is 0 Å². The van der Waals surface area contributed by atoms with E-state index in [-0.39, 0.29) is 123 Å². The number of halogens is 6. The molecule has 0 saturated heterocycles. The van der Waals surface area contributed by atoms with Crippen molar-refractivity contribution in [3.63, 3.8) is 0 Å². The van der Waals surface area contributed by atoms with Crippen LogP contribution in [0.3, 0.4) is 0 Å². The van der Waals surface area contributed by atoms with Crippen LogP contribution in [-0.2, 0) is 0 Å². The fraction of sp³-hybridized carbons (Fsp3) is 0. The van der Waals surface area contributed by atoms with Gasteiger partial charge in [-0.1, -0.05) is 0 Å². The molecule has 0 amide bonds. The van der Waals surface area contributed by atoms with Crippen LogP contribution in [0.4, 0.5) is 0 Å². The summed E-state index contributed by atoms with van der Waals surface area (Å²) in [5, 5.41) is 0. The fourth-order valence-electron chi connectivity index (χ4n) is 0. The van der Waals surface area contributed by atoms with Crippen LogP contribution in [0.25, 0.3) is 0 Å². The van der Waals surface area contributed by atoms with Gasteiger partial charge in [0.2, 0.25) is 0 Å². The standard InChI is InChI=1S/6ClH.2Sb.6H/h6*1H;;;;;;;;. The summed E-state index contributed by atoms with van der Waals surface area (Å²) in [4.78, 5) is 0. The van der Waals surface area contributed by atoms with E-state index in [1.54, 1.807) is 0 Å². The molecule has 0 bridgehead atoms. The molecule has 8 heteroatoms. The molecule has 0 saturated carbocycles. The van der Waals surface area contributed by atoms with Crippen LogP contribution in [-0.4, -0.2) is 48.9 Å². The molecule has 0 aliphatic heterocycles. The summed E-state index contributed by atoms with van der Waals surface area (Å²) < 4.78 is 0. The maximum absolute atomic E-state index is 0. The van der Waals surface area contributed by atoms with Crippen molar-refractivity contribution in [3.05, 3.63) is 0 Å². The topological polar surface area (TPSA) is 0 Å². The van der Waals surface area contributed by atoms with Gasteiger partial charge in [0.15, 0.2) is 0 Å². The Morgan fingerprint density at radius 1 is 0.250 bits per heavy atom. The first kappa shape index (κ1) is 107. The minimum absolute atomic E-state index is 0. The van der Waals surface area contributed by atoms with Gasteiger partial charge in [0.1, 0.15) is 0 Å². The van der Waals surface area contributed by atoms with E-state index in [0.717, 1.165) is 0 Å². The number of hydrogen-bond donors (Lipinski definition) is 0. The summed E-state index contributed by atoms with van der Waals surface area (Å²) in [5.74, 6) is 0. The van der Waals surface area contributed by atoms with E-state index in [1.807, 2.05) is 0 Å². The SMILES string of the molecule is Cl.Cl.Cl.Cl.Cl.Cl.[SbH3].[SbH3]. The van der Waals surface area contributed by atoms with Crippen LogP contribution < -0.4 is 0 Å². The Bertz CT molecular complexity index is 6.49. The molecule has 0 unspecified atom stereocenters. The molecule has 0 aromatic heterocycles. The van der Waals surface area contributed by atoms with Gasteiger partial charge in [0, 0.05) is 0 Å². The Labute approximate surface area is 121 Å². The summed E-state index contributed by atoms with van der Waals surface area (Å²) in [6, 6.07) is 0. The third-order valence-electron chi connectivity index (χ3n) is 0. The second-order valence-corrected chi connectivity index (χ2v) is 0. The van der Waals surface area contributed by atoms with Crippen LogP contribution in [0.5, 0.6) is 0 Å². The number of hydrogen-bond acceptors (Lipinski definition) is 0. The molecule has 0 N–H and O–H groups in total. The molecule has 0 fully saturated rings. The first-order valence-electron chi connectivity index (χ1n) is 0. The van der Waals surface area contributed by atoms with E-state index in [0.29, 0.717) is 0 Å². The van der Waals surface area contributed by atoms with E-state index >= 15 is 0 Å². The van der Waals surface area contributed by atoms with Gasteiger partial charge in [-0.05, 0) is 0 Å². The Kier molecular flexibility index (Phi) is 1070. The zero-order valence-electron chi connectivity index (χ0n) is 3.86. The summed E-state index contributed by atoms with van der Waals surface area (Å²) in [6.07, 6.45) is 0. The van der Waals surface area contributed by atoms with Crippen molar-refractivity contribution in [1.82, 2.24) is 0 Å². The first-order chi connectivity index (χ1) is 0. The molecule has 8 heavy (non-hydrogen) atoms. The van der Waals surface area contributed by atoms with Crippen LogP contribution >= 0.6 is 74.4 Å². The molecule has 0 aliphatic carbocycles. The van der Waals surface area contributed by atoms with Crippen molar-refractivity contribution in [1.29, 1.82) is 0 Å². The van der Waals surface area contributed by atoms with E-state index < -0.39 is 0 Å². The maximum atomic E-state index is 0. The minimum atomic E-state index is 0. The van der Waals surface area contributed by atoms with Gasteiger partial charge >= 0.3 is 48.9 Å². The van der Waals surface area contributed by atoms with Crippen LogP contribution in [0.15, 0.2) is 0 Å². The van der Waals surface area contributed by atoms with Gasteiger partial charge in [0.05, 0.1) is 0 Å². The van der Waals surface area contributed by atoms with Gasteiger partial charge in [0.25, 0.3) is 0 Å². The van der Waals surface area contributed by atoms with Crippen molar-refractivity contribution < 1.29 is 0 Å². The Morgan fingerprint density at radius 2 is 0.250 bits per heavy atom. The van der Waals surface area contributed by atoms with Crippen molar-refractivity contribution in [3.8, 4) is 0 Å². The van der Waals surface area contributed by atoms with Crippen molar-refractivity contribution >= 4 is 123 Å². The van der Waals surface area contributed by atoms with Crippen LogP contribution in [0, 0.1) is 0 Å². The zero-order valence-corrected chi connectivity index (χ0v) is 16.8. The molecule has 0 spiro atoms. The third-order valence-corrected chi connectivity index (χ3v) is 0. The van der Waals surface area contributed by atoms with Gasteiger partial charge in [-0.2, -0.15) is 0 Å². The van der Waals surface area contributed by atoms with Crippen LogP contribution in [0.1, 0.15) is 0 Å².